The Bertz CT molecular complexity index is 232. The van der Waals surface area contributed by atoms with Crippen molar-refractivity contribution >= 4 is 17.7 Å². The molecule has 0 heterocycles. The highest BCUT2D eigenvalue weighted by molar-refractivity contribution is 8.00. The van der Waals surface area contributed by atoms with E-state index in [2.05, 4.69) is 0 Å². The van der Waals surface area contributed by atoms with Crippen molar-refractivity contribution < 1.29 is 23.1 Å². The maximum absolute atomic E-state index is 12.5. The first-order chi connectivity index (χ1) is 7.81. The van der Waals surface area contributed by atoms with E-state index in [0.29, 0.717) is 24.1 Å². The highest BCUT2D eigenvalue weighted by Gasteiger charge is 2.41. The third-order valence-corrected chi connectivity index (χ3v) is 3.60. The van der Waals surface area contributed by atoms with Crippen molar-refractivity contribution in [2.45, 2.75) is 31.7 Å². The number of aliphatic carboxylic acids is 1. The van der Waals surface area contributed by atoms with E-state index in [0.717, 1.165) is 13.1 Å². The van der Waals surface area contributed by atoms with Crippen LogP contribution in [0, 0.1) is 0 Å². The van der Waals surface area contributed by atoms with E-state index < -0.39 is 23.8 Å². The van der Waals surface area contributed by atoms with Gasteiger partial charge in [0.2, 0.25) is 0 Å². The zero-order valence-corrected chi connectivity index (χ0v) is 10.8. The molecule has 0 saturated heterocycles. The standard InChI is InChI=1S/C10H18F3NO2S/c1-3-14(4-2)5-6-17-8(7-9(15)16)10(11,12)13/h8H,3-7H2,1-2H3,(H,15,16). The number of hydrogen-bond donors (Lipinski definition) is 1. The summed E-state index contributed by atoms with van der Waals surface area (Å²) in [5.41, 5.74) is 0. The number of carboxylic acids is 1. The van der Waals surface area contributed by atoms with Crippen LogP contribution in [-0.2, 0) is 4.79 Å². The second-order valence-corrected chi connectivity index (χ2v) is 4.84. The average molecular weight is 273 g/mol. The smallest absolute Gasteiger partial charge is 0.401 e. The van der Waals surface area contributed by atoms with Crippen LogP contribution in [0.3, 0.4) is 0 Å². The SMILES string of the molecule is CCN(CC)CCSC(CC(=O)O)C(F)(F)F. The van der Waals surface area contributed by atoms with Gasteiger partial charge in [-0.05, 0) is 13.1 Å². The van der Waals surface area contributed by atoms with Crippen molar-refractivity contribution in [3.05, 3.63) is 0 Å². The lowest BCUT2D eigenvalue weighted by atomic mass is 10.3. The van der Waals surface area contributed by atoms with Crippen molar-refractivity contribution in [2.75, 3.05) is 25.4 Å². The molecule has 0 fully saturated rings. The number of carbonyl (C=O) groups is 1. The van der Waals surface area contributed by atoms with Gasteiger partial charge in [0.25, 0.3) is 0 Å². The first-order valence-electron chi connectivity index (χ1n) is 5.43. The summed E-state index contributed by atoms with van der Waals surface area (Å²) >= 11 is 0.668. The molecule has 0 bridgehead atoms. The van der Waals surface area contributed by atoms with Crippen molar-refractivity contribution in [1.29, 1.82) is 0 Å². The van der Waals surface area contributed by atoms with Crippen LogP contribution in [0.4, 0.5) is 13.2 Å². The van der Waals surface area contributed by atoms with Gasteiger partial charge in [-0.25, -0.2) is 0 Å². The molecule has 17 heavy (non-hydrogen) atoms. The van der Waals surface area contributed by atoms with E-state index in [-0.39, 0.29) is 0 Å². The summed E-state index contributed by atoms with van der Waals surface area (Å²) in [5.74, 6) is -1.12. The van der Waals surface area contributed by atoms with Gasteiger partial charge in [-0.15, -0.1) is 11.8 Å². The van der Waals surface area contributed by atoms with E-state index in [9.17, 15) is 18.0 Å². The van der Waals surface area contributed by atoms with Crippen molar-refractivity contribution in [3.8, 4) is 0 Å². The lowest BCUT2D eigenvalue weighted by molar-refractivity contribution is -0.149. The van der Waals surface area contributed by atoms with Crippen molar-refractivity contribution in [1.82, 2.24) is 4.90 Å². The fourth-order valence-electron chi connectivity index (χ4n) is 1.29. The summed E-state index contributed by atoms with van der Waals surface area (Å²) in [5, 5.41) is 6.61. The minimum Gasteiger partial charge on any atom is -0.481 e. The predicted octanol–water partition coefficient (Wildman–Crippen LogP) is 2.47. The maximum atomic E-state index is 12.5. The first kappa shape index (κ1) is 16.6. The number of nitrogens with zero attached hydrogens (tertiary/aromatic N) is 1. The van der Waals surface area contributed by atoms with E-state index in [1.807, 2.05) is 18.7 Å². The third-order valence-electron chi connectivity index (χ3n) is 2.35. The van der Waals surface area contributed by atoms with Gasteiger partial charge in [-0.1, -0.05) is 13.8 Å². The lowest BCUT2D eigenvalue weighted by Crippen LogP contribution is -2.31. The van der Waals surface area contributed by atoms with E-state index in [1.165, 1.54) is 0 Å². The summed E-state index contributed by atoms with van der Waals surface area (Å²) in [7, 11) is 0. The fraction of sp³-hybridized carbons (Fsp3) is 0.900. The van der Waals surface area contributed by atoms with Gasteiger partial charge in [0.05, 0.1) is 6.42 Å². The molecule has 1 unspecified atom stereocenters. The van der Waals surface area contributed by atoms with Crippen LogP contribution in [0.5, 0.6) is 0 Å². The highest BCUT2D eigenvalue weighted by Crippen LogP contribution is 2.32. The van der Waals surface area contributed by atoms with Crippen LogP contribution in [-0.4, -0.2) is 52.8 Å². The normalized spacial score (nSPS) is 14.0. The lowest BCUT2D eigenvalue weighted by Gasteiger charge is -2.21. The molecule has 0 aliphatic heterocycles. The molecule has 0 saturated carbocycles. The Hall–Kier alpha value is -0.430. The topological polar surface area (TPSA) is 40.5 Å². The van der Waals surface area contributed by atoms with Crippen LogP contribution in [0.15, 0.2) is 0 Å². The Morgan fingerprint density at radius 2 is 1.88 bits per heavy atom. The first-order valence-corrected chi connectivity index (χ1v) is 6.48. The van der Waals surface area contributed by atoms with Crippen molar-refractivity contribution in [2.24, 2.45) is 0 Å². The second-order valence-electron chi connectivity index (χ2n) is 3.53. The van der Waals surface area contributed by atoms with Crippen LogP contribution >= 0.6 is 11.8 Å². The Morgan fingerprint density at radius 1 is 1.35 bits per heavy atom. The Balaban J connectivity index is 4.13. The number of thioether (sulfide) groups is 1. The van der Waals surface area contributed by atoms with Crippen molar-refractivity contribution in [3.63, 3.8) is 0 Å². The summed E-state index contributed by atoms with van der Waals surface area (Å²) in [6, 6.07) is 0. The largest absolute Gasteiger partial charge is 0.481 e. The minimum absolute atomic E-state index is 0.291. The van der Waals surface area contributed by atoms with Gasteiger partial charge in [0, 0.05) is 12.3 Å². The summed E-state index contributed by atoms with van der Waals surface area (Å²) in [4.78, 5) is 12.3. The van der Waals surface area contributed by atoms with Gasteiger partial charge < -0.3 is 10.0 Å². The zero-order chi connectivity index (χ0) is 13.5. The predicted molar refractivity (Wildman–Crippen MR) is 62.3 cm³/mol. The summed E-state index contributed by atoms with van der Waals surface area (Å²) in [6.07, 6.45) is -5.32. The molecule has 0 aromatic rings. The zero-order valence-electron chi connectivity index (χ0n) is 9.96. The number of hydrogen-bond acceptors (Lipinski definition) is 3. The molecule has 0 amide bonds. The van der Waals surface area contributed by atoms with Gasteiger partial charge in [0.1, 0.15) is 5.25 Å². The minimum atomic E-state index is -4.45. The monoisotopic (exact) mass is 273 g/mol. The molecule has 0 rings (SSSR count). The van der Waals surface area contributed by atoms with Gasteiger partial charge >= 0.3 is 12.1 Å². The second kappa shape index (κ2) is 7.81. The molecule has 0 radical (unpaired) electrons. The van der Waals surface area contributed by atoms with E-state index in [4.69, 9.17) is 5.11 Å². The van der Waals surface area contributed by atoms with E-state index in [1.54, 1.807) is 0 Å². The van der Waals surface area contributed by atoms with Crippen LogP contribution in [0.25, 0.3) is 0 Å². The molecule has 0 aromatic heterocycles. The Labute approximate surface area is 103 Å². The number of rotatable bonds is 8. The highest BCUT2D eigenvalue weighted by atomic mass is 32.2. The van der Waals surface area contributed by atoms with Gasteiger partial charge in [-0.2, -0.15) is 13.2 Å². The van der Waals surface area contributed by atoms with E-state index >= 15 is 0 Å². The molecule has 0 aromatic carbocycles. The quantitative estimate of drug-likeness (QED) is 0.737. The average Bonchev–Trinajstić information content (AvgIpc) is 2.20. The molecular formula is C10H18F3NO2S. The molecule has 7 heteroatoms. The van der Waals surface area contributed by atoms with Crippen LogP contribution < -0.4 is 0 Å². The summed E-state index contributed by atoms with van der Waals surface area (Å²) < 4.78 is 37.4. The molecular weight excluding hydrogens is 255 g/mol. The molecule has 0 aliphatic carbocycles. The van der Waals surface area contributed by atoms with Gasteiger partial charge in [0.15, 0.2) is 0 Å². The maximum Gasteiger partial charge on any atom is 0.401 e. The Morgan fingerprint density at radius 3 is 2.24 bits per heavy atom. The number of alkyl halides is 3. The molecule has 1 N–H and O–H groups in total. The Kier molecular flexibility index (Phi) is 7.61. The van der Waals surface area contributed by atoms with Crippen LogP contribution in [0.2, 0.25) is 0 Å². The van der Waals surface area contributed by atoms with Gasteiger partial charge in [-0.3, -0.25) is 4.79 Å². The van der Waals surface area contributed by atoms with Crippen LogP contribution in [0.1, 0.15) is 20.3 Å². The molecule has 1 atom stereocenters. The molecule has 102 valence electrons. The molecule has 3 nitrogen and oxygen atoms in total. The molecule has 0 aliphatic rings. The number of halogens is 3. The summed E-state index contributed by atoms with van der Waals surface area (Å²) in [6.45, 7) is 5.99. The number of carboxylic acid groups (broad SMARTS) is 1. The molecule has 0 spiro atoms. The fourth-order valence-corrected chi connectivity index (χ4v) is 2.39. The third kappa shape index (κ3) is 7.49.